The molecule has 4 rings (SSSR count). The van der Waals surface area contributed by atoms with Crippen LogP contribution < -0.4 is 20.3 Å². The molecule has 1 fully saturated rings. The highest BCUT2D eigenvalue weighted by Crippen LogP contribution is 2.33. The van der Waals surface area contributed by atoms with Crippen LogP contribution in [0.3, 0.4) is 0 Å². The molecule has 1 heterocycles. The standard InChI is InChI=1S/C24H22ClFN2O5/c1-31-24(30)14-5-7-15(8-6-14)33-22-12-27-28-23(22)17-10-9-16(11-21(17)29)32-13-18-19(25)3-2-4-20(18)26/h2-11,22-23,27-29H,12-13H2,1H3. The maximum absolute atomic E-state index is 13.9. The van der Waals surface area contributed by atoms with Crippen LogP contribution >= 0.6 is 11.6 Å². The van der Waals surface area contributed by atoms with Crippen molar-refractivity contribution in [2.24, 2.45) is 0 Å². The fourth-order valence-corrected chi connectivity index (χ4v) is 3.75. The Morgan fingerprint density at radius 2 is 1.91 bits per heavy atom. The van der Waals surface area contributed by atoms with Crippen molar-refractivity contribution in [2.75, 3.05) is 13.7 Å². The normalized spacial score (nSPS) is 17.5. The van der Waals surface area contributed by atoms with E-state index in [1.54, 1.807) is 42.5 Å². The zero-order valence-corrected chi connectivity index (χ0v) is 18.4. The first-order chi connectivity index (χ1) is 16.0. The second-order valence-electron chi connectivity index (χ2n) is 7.38. The molecule has 1 saturated heterocycles. The highest BCUT2D eigenvalue weighted by atomic mass is 35.5. The van der Waals surface area contributed by atoms with Crippen LogP contribution in [-0.4, -0.2) is 30.8 Å². The Kier molecular flexibility index (Phi) is 6.98. The minimum absolute atomic E-state index is 0.00275. The molecule has 0 amide bonds. The first-order valence-corrected chi connectivity index (χ1v) is 10.6. The summed E-state index contributed by atoms with van der Waals surface area (Å²) in [6.45, 7) is 0.424. The number of halogens is 2. The van der Waals surface area contributed by atoms with Gasteiger partial charge in [0.15, 0.2) is 0 Å². The van der Waals surface area contributed by atoms with Crippen molar-refractivity contribution in [3.05, 3.63) is 88.2 Å². The monoisotopic (exact) mass is 472 g/mol. The van der Waals surface area contributed by atoms with Gasteiger partial charge in [-0.1, -0.05) is 17.7 Å². The lowest BCUT2D eigenvalue weighted by Crippen LogP contribution is -2.28. The maximum Gasteiger partial charge on any atom is 0.337 e. The largest absolute Gasteiger partial charge is 0.507 e. The number of aromatic hydroxyl groups is 1. The molecule has 0 aliphatic carbocycles. The number of methoxy groups -OCH3 is 1. The number of hydrogen-bond acceptors (Lipinski definition) is 7. The van der Waals surface area contributed by atoms with Gasteiger partial charge in [-0.3, -0.25) is 5.43 Å². The fraction of sp³-hybridized carbons (Fsp3) is 0.208. The van der Waals surface area contributed by atoms with Crippen molar-refractivity contribution in [3.63, 3.8) is 0 Å². The first-order valence-electron chi connectivity index (χ1n) is 10.2. The Balaban J connectivity index is 1.44. The van der Waals surface area contributed by atoms with Crippen LogP contribution in [0.5, 0.6) is 17.2 Å². The van der Waals surface area contributed by atoms with Crippen molar-refractivity contribution in [2.45, 2.75) is 18.8 Å². The number of ether oxygens (including phenoxy) is 3. The van der Waals surface area contributed by atoms with Gasteiger partial charge in [-0.25, -0.2) is 14.6 Å². The van der Waals surface area contributed by atoms with Gasteiger partial charge in [-0.05, 0) is 48.5 Å². The Morgan fingerprint density at radius 1 is 1.15 bits per heavy atom. The van der Waals surface area contributed by atoms with E-state index in [0.29, 0.717) is 29.2 Å². The van der Waals surface area contributed by atoms with Crippen molar-refractivity contribution < 1.29 is 28.5 Å². The molecule has 3 aromatic rings. The van der Waals surface area contributed by atoms with Crippen molar-refractivity contribution in [1.29, 1.82) is 0 Å². The third-order valence-electron chi connectivity index (χ3n) is 5.28. The number of phenolic OH excluding ortho intramolecular Hbond substituents is 1. The summed E-state index contributed by atoms with van der Waals surface area (Å²) in [5.74, 6) is 0.0713. The van der Waals surface area contributed by atoms with Crippen LogP contribution in [0.2, 0.25) is 5.02 Å². The van der Waals surface area contributed by atoms with Gasteiger partial charge in [-0.15, -0.1) is 0 Å². The summed E-state index contributed by atoms with van der Waals surface area (Å²) in [5.41, 5.74) is 7.41. The summed E-state index contributed by atoms with van der Waals surface area (Å²) < 4.78 is 30.3. The number of benzene rings is 3. The molecule has 2 unspecified atom stereocenters. The number of nitrogens with one attached hydrogen (secondary N) is 2. The summed E-state index contributed by atoms with van der Waals surface area (Å²) >= 11 is 6.03. The molecular weight excluding hydrogens is 451 g/mol. The van der Waals surface area contributed by atoms with Gasteiger partial charge >= 0.3 is 5.97 Å². The molecule has 33 heavy (non-hydrogen) atoms. The van der Waals surface area contributed by atoms with Crippen LogP contribution in [-0.2, 0) is 11.3 Å². The third-order valence-corrected chi connectivity index (χ3v) is 5.63. The predicted molar refractivity (Wildman–Crippen MR) is 120 cm³/mol. The van der Waals surface area contributed by atoms with E-state index in [9.17, 15) is 14.3 Å². The zero-order chi connectivity index (χ0) is 23.4. The first kappa shape index (κ1) is 22.8. The van der Waals surface area contributed by atoms with E-state index >= 15 is 0 Å². The molecule has 0 aromatic heterocycles. The van der Waals surface area contributed by atoms with Gasteiger partial charge in [0.25, 0.3) is 0 Å². The van der Waals surface area contributed by atoms with E-state index in [-0.39, 0.29) is 35.1 Å². The number of hydrogen-bond donors (Lipinski definition) is 3. The van der Waals surface area contributed by atoms with Gasteiger partial charge in [-0.2, -0.15) is 0 Å². The zero-order valence-electron chi connectivity index (χ0n) is 17.7. The molecule has 1 aliphatic heterocycles. The topological polar surface area (TPSA) is 89.1 Å². The summed E-state index contributed by atoms with van der Waals surface area (Å²) in [4.78, 5) is 11.6. The average molecular weight is 473 g/mol. The quantitative estimate of drug-likeness (QED) is 0.445. The smallest absolute Gasteiger partial charge is 0.337 e. The van der Waals surface area contributed by atoms with Crippen LogP contribution in [0.25, 0.3) is 0 Å². The summed E-state index contributed by atoms with van der Waals surface area (Å²) in [5, 5.41) is 10.9. The molecule has 3 aromatic carbocycles. The lowest BCUT2D eigenvalue weighted by atomic mass is 10.0. The van der Waals surface area contributed by atoms with Crippen molar-refractivity contribution in [3.8, 4) is 17.2 Å². The van der Waals surface area contributed by atoms with Gasteiger partial charge < -0.3 is 19.3 Å². The number of carbonyl (C=O) groups excluding carboxylic acids is 1. The van der Waals surface area contributed by atoms with E-state index in [4.69, 9.17) is 25.8 Å². The summed E-state index contributed by atoms with van der Waals surface area (Å²) in [7, 11) is 1.32. The molecule has 0 saturated carbocycles. The van der Waals surface area contributed by atoms with Gasteiger partial charge in [0.2, 0.25) is 0 Å². The van der Waals surface area contributed by atoms with Crippen molar-refractivity contribution >= 4 is 17.6 Å². The number of rotatable bonds is 7. The molecule has 2 atom stereocenters. The second kappa shape index (κ2) is 10.1. The van der Waals surface area contributed by atoms with E-state index in [1.807, 2.05) is 0 Å². The van der Waals surface area contributed by atoms with Crippen molar-refractivity contribution in [1.82, 2.24) is 10.9 Å². The average Bonchev–Trinajstić information content (AvgIpc) is 3.26. The molecule has 9 heteroatoms. The van der Waals surface area contributed by atoms with Crippen LogP contribution in [0.4, 0.5) is 4.39 Å². The molecular formula is C24H22ClFN2O5. The third kappa shape index (κ3) is 5.19. The number of phenols is 1. The lowest BCUT2D eigenvalue weighted by molar-refractivity contribution is 0.0600. The Bertz CT molecular complexity index is 1120. The van der Waals surface area contributed by atoms with Gasteiger partial charge in [0, 0.05) is 23.7 Å². The molecule has 3 N–H and O–H groups in total. The van der Waals surface area contributed by atoms with Crippen LogP contribution in [0, 0.1) is 5.82 Å². The van der Waals surface area contributed by atoms with E-state index in [2.05, 4.69) is 10.9 Å². The minimum Gasteiger partial charge on any atom is -0.507 e. The van der Waals surface area contributed by atoms with E-state index in [0.717, 1.165) is 0 Å². The number of esters is 1. The minimum atomic E-state index is -0.454. The Morgan fingerprint density at radius 3 is 2.61 bits per heavy atom. The highest BCUT2D eigenvalue weighted by Gasteiger charge is 2.32. The molecule has 1 aliphatic rings. The SMILES string of the molecule is COC(=O)c1ccc(OC2CNNC2c2ccc(OCc3c(F)cccc3Cl)cc2O)cc1. The molecule has 172 valence electrons. The molecule has 7 nitrogen and oxygen atoms in total. The van der Waals surface area contributed by atoms with Gasteiger partial charge in [0.05, 0.1) is 23.7 Å². The Hall–Kier alpha value is -3.33. The number of hydrazine groups is 1. The predicted octanol–water partition coefficient (Wildman–Crippen LogP) is 4.15. The van der Waals surface area contributed by atoms with Gasteiger partial charge in [0.1, 0.15) is 35.8 Å². The van der Waals surface area contributed by atoms with E-state index < -0.39 is 11.8 Å². The van der Waals surface area contributed by atoms with Crippen LogP contribution in [0.1, 0.15) is 27.5 Å². The molecule has 0 bridgehead atoms. The lowest BCUT2D eigenvalue weighted by Gasteiger charge is -2.21. The van der Waals surface area contributed by atoms with E-state index in [1.165, 1.54) is 25.3 Å². The van der Waals surface area contributed by atoms with Crippen LogP contribution in [0.15, 0.2) is 60.7 Å². The summed E-state index contributed by atoms with van der Waals surface area (Å²) in [6, 6.07) is 15.6. The Labute approximate surface area is 195 Å². The number of carbonyl (C=O) groups is 1. The fourth-order valence-electron chi connectivity index (χ4n) is 3.53. The highest BCUT2D eigenvalue weighted by molar-refractivity contribution is 6.31. The molecule has 0 radical (unpaired) electrons. The summed E-state index contributed by atoms with van der Waals surface area (Å²) in [6.07, 6.45) is -0.330. The molecule has 0 spiro atoms. The second-order valence-corrected chi connectivity index (χ2v) is 7.79. The maximum atomic E-state index is 13.9.